The van der Waals surface area contributed by atoms with E-state index in [9.17, 15) is 9.59 Å². The summed E-state index contributed by atoms with van der Waals surface area (Å²) < 4.78 is 16.4. The number of carbonyl (C=O) groups is 2. The van der Waals surface area contributed by atoms with E-state index in [1.165, 1.54) is 0 Å². The average molecular weight is 382 g/mol. The lowest BCUT2D eigenvalue weighted by atomic mass is 10.1. The molecule has 0 bridgehead atoms. The molecule has 0 aliphatic carbocycles. The van der Waals surface area contributed by atoms with Crippen molar-refractivity contribution < 1.29 is 23.8 Å². The molecular weight excluding hydrogens is 360 g/mol. The minimum atomic E-state index is -0.646. The normalized spacial score (nSPS) is 19.2. The molecule has 4 rings (SSSR count). The maximum atomic E-state index is 12.8. The molecule has 2 aliphatic heterocycles. The van der Waals surface area contributed by atoms with Crippen LogP contribution in [0.3, 0.4) is 0 Å². The fraction of sp³-hybridized carbons (Fsp3) is 0.333. The van der Waals surface area contributed by atoms with E-state index < -0.39 is 6.04 Å². The van der Waals surface area contributed by atoms with E-state index >= 15 is 0 Å². The lowest BCUT2D eigenvalue weighted by Gasteiger charge is -2.34. The van der Waals surface area contributed by atoms with Crippen molar-refractivity contribution in [3.8, 4) is 11.5 Å². The zero-order valence-corrected chi connectivity index (χ0v) is 15.6. The summed E-state index contributed by atoms with van der Waals surface area (Å²) in [6.07, 6.45) is -0.157. The Hall–Kier alpha value is -3.06. The maximum absolute atomic E-state index is 12.8. The second kappa shape index (κ2) is 7.90. The van der Waals surface area contributed by atoms with Gasteiger partial charge in [0.25, 0.3) is 5.91 Å². The molecule has 7 nitrogen and oxygen atoms in total. The molecular formula is C21H22N2O5. The Labute approximate surface area is 163 Å². The maximum Gasteiger partial charge on any atom is 0.252 e. The number of benzene rings is 2. The van der Waals surface area contributed by atoms with Crippen molar-refractivity contribution in [1.82, 2.24) is 10.2 Å². The smallest absolute Gasteiger partial charge is 0.252 e. The van der Waals surface area contributed by atoms with Crippen molar-refractivity contribution in [1.29, 1.82) is 0 Å². The number of hydrogen-bond donors (Lipinski definition) is 1. The predicted molar refractivity (Wildman–Crippen MR) is 101 cm³/mol. The number of fused-ring (bicyclic) bond motifs is 1. The average Bonchev–Trinajstić information content (AvgIpc) is 3.21. The van der Waals surface area contributed by atoms with Gasteiger partial charge >= 0.3 is 0 Å². The molecule has 146 valence electrons. The van der Waals surface area contributed by atoms with Gasteiger partial charge in [0.15, 0.2) is 11.5 Å². The first kappa shape index (κ1) is 18.3. The van der Waals surface area contributed by atoms with Gasteiger partial charge in [0, 0.05) is 12.1 Å². The quantitative estimate of drug-likeness (QED) is 0.877. The summed E-state index contributed by atoms with van der Waals surface area (Å²) >= 11 is 0. The zero-order chi connectivity index (χ0) is 19.5. The van der Waals surface area contributed by atoms with Gasteiger partial charge in [-0.1, -0.05) is 30.3 Å². The molecule has 7 heteroatoms. The first-order valence-electron chi connectivity index (χ1n) is 9.27. The van der Waals surface area contributed by atoms with Gasteiger partial charge in [-0.05, 0) is 30.7 Å². The van der Waals surface area contributed by atoms with Crippen LogP contribution in [-0.2, 0) is 9.53 Å². The molecule has 0 aromatic heterocycles. The predicted octanol–water partition coefficient (Wildman–Crippen LogP) is 2.13. The van der Waals surface area contributed by atoms with E-state index in [2.05, 4.69) is 5.32 Å². The Morgan fingerprint density at radius 1 is 1.11 bits per heavy atom. The number of rotatable bonds is 4. The first-order chi connectivity index (χ1) is 13.6. The summed E-state index contributed by atoms with van der Waals surface area (Å²) in [7, 11) is 0. The van der Waals surface area contributed by atoms with Crippen molar-refractivity contribution in [2.24, 2.45) is 0 Å². The van der Waals surface area contributed by atoms with Crippen LogP contribution in [0, 0.1) is 0 Å². The van der Waals surface area contributed by atoms with Crippen LogP contribution < -0.4 is 14.8 Å². The molecule has 2 amide bonds. The third kappa shape index (κ3) is 3.80. The van der Waals surface area contributed by atoms with Crippen LogP contribution >= 0.6 is 0 Å². The molecule has 0 saturated carbocycles. The van der Waals surface area contributed by atoms with E-state index in [-0.39, 0.29) is 24.7 Å². The number of hydrogen-bond acceptors (Lipinski definition) is 5. The van der Waals surface area contributed by atoms with Crippen LogP contribution in [0.2, 0.25) is 0 Å². The summed E-state index contributed by atoms with van der Waals surface area (Å²) in [4.78, 5) is 27.1. The fourth-order valence-corrected chi connectivity index (χ4v) is 3.37. The van der Waals surface area contributed by atoms with Crippen LogP contribution in [-0.4, -0.2) is 49.2 Å². The minimum Gasteiger partial charge on any atom is -0.454 e. The number of amides is 2. The van der Waals surface area contributed by atoms with Gasteiger partial charge in [0.05, 0.1) is 13.2 Å². The van der Waals surface area contributed by atoms with Crippen molar-refractivity contribution in [2.45, 2.75) is 19.1 Å². The number of carbonyl (C=O) groups excluding carboxylic acids is 2. The highest BCUT2D eigenvalue weighted by molar-refractivity contribution is 5.98. The standard InChI is InChI=1S/C21H22N2O5/c1-14(22-20(24)16-7-8-17-18(11-16)28-13-27-17)21(25)23-9-10-26-19(12-23)15-5-3-2-4-6-15/h2-8,11,14,19H,9-10,12-13H2,1H3,(H,22,24)/t14-,19?/m1/s1. The third-order valence-corrected chi connectivity index (χ3v) is 4.90. The van der Waals surface area contributed by atoms with E-state index in [0.29, 0.717) is 36.8 Å². The second-order valence-corrected chi connectivity index (χ2v) is 6.82. The molecule has 2 heterocycles. The molecule has 1 unspecified atom stereocenters. The molecule has 0 spiro atoms. The van der Waals surface area contributed by atoms with Gasteiger partial charge in [-0.2, -0.15) is 0 Å². The number of nitrogens with one attached hydrogen (secondary N) is 1. The Bertz CT molecular complexity index is 870. The molecule has 2 aliphatic rings. The van der Waals surface area contributed by atoms with E-state index in [1.54, 1.807) is 30.0 Å². The lowest BCUT2D eigenvalue weighted by Crippen LogP contribution is -2.51. The molecule has 0 radical (unpaired) electrons. The second-order valence-electron chi connectivity index (χ2n) is 6.82. The van der Waals surface area contributed by atoms with Crippen LogP contribution in [0.1, 0.15) is 28.9 Å². The van der Waals surface area contributed by atoms with Crippen LogP contribution in [0.4, 0.5) is 0 Å². The topological polar surface area (TPSA) is 77.1 Å². The van der Waals surface area contributed by atoms with E-state index in [4.69, 9.17) is 14.2 Å². The Morgan fingerprint density at radius 2 is 1.89 bits per heavy atom. The molecule has 1 N–H and O–H groups in total. The molecule has 2 aromatic rings. The van der Waals surface area contributed by atoms with Crippen LogP contribution in [0.25, 0.3) is 0 Å². The van der Waals surface area contributed by atoms with E-state index in [0.717, 1.165) is 5.56 Å². The van der Waals surface area contributed by atoms with Crippen molar-refractivity contribution >= 4 is 11.8 Å². The summed E-state index contributed by atoms with van der Waals surface area (Å²) in [5.74, 6) is 0.691. The van der Waals surface area contributed by atoms with Gasteiger partial charge in [0.1, 0.15) is 12.1 Å². The van der Waals surface area contributed by atoms with Crippen molar-refractivity contribution in [3.63, 3.8) is 0 Å². The number of morpholine rings is 1. The summed E-state index contributed by atoms with van der Waals surface area (Å²) in [5.41, 5.74) is 1.46. The third-order valence-electron chi connectivity index (χ3n) is 4.90. The molecule has 1 fully saturated rings. The van der Waals surface area contributed by atoms with Gasteiger partial charge in [0.2, 0.25) is 12.7 Å². The SMILES string of the molecule is C[C@@H](NC(=O)c1ccc2c(c1)OCO2)C(=O)N1CCOC(c2ccccc2)C1. The highest BCUT2D eigenvalue weighted by Gasteiger charge is 2.29. The van der Waals surface area contributed by atoms with Crippen molar-refractivity contribution in [3.05, 3.63) is 59.7 Å². The van der Waals surface area contributed by atoms with Gasteiger partial charge < -0.3 is 24.4 Å². The largest absolute Gasteiger partial charge is 0.454 e. The van der Waals surface area contributed by atoms with Gasteiger partial charge in [-0.15, -0.1) is 0 Å². The molecule has 1 saturated heterocycles. The van der Waals surface area contributed by atoms with E-state index in [1.807, 2.05) is 30.3 Å². The Morgan fingerprint density at radius 3 is 2.71 bits per heavy atom. The monoisotopic (exact) mass is 382 g/mol. The Kier molecular flexibility index (Phi) is 5.16. The minimum absolute atomic E-state index is 0.127. The highest BCUT2D eigenvalue weighted by Crippen LogP contribution is 2.32. The lowest BCUT2D eigenvalue weighted by molar-refractivity contribution is -0.140. The van der Waals surface area contributed by atoms with Crippen molar-refractivity contribution in [2.75, 3.05) is 26.5 Å². The summed E-state index contributed by atoms with van der Waals surface area (Å²) in [6, 6.07) is 14.1. The number of ether oxygens (including phenoxy) is 3. The van der Waals surface area contributed by atoms with Crippen LogP contribution in [0.15, 0.2) is 48.5 Å². The fourth-order valence-electron chi connectivity index (χ4n) is 3.37. The highest BCUT2D eigenvalue weighted by atomic mass is 16.7. The molecule has 2 atom stereocenters. The summed E-state index contributed by atoms with van der Waals surface area (Å²) in [6.45, 7) is 3.28. The van der Waals surface area contributed by atoms with Gasteiger partial charge in [-0.25, -0.2) is 0 Å². The Balaban J connectivity index is 1.38. The zero-order valence-electron chi connectivity index (χ0n) is 15.6. The van der Waals surface area contributed by atoms with Gasteiger partial charge in [-0.3, -0.25) is 9.59 Å². The number of nitrogens with zero attached hydrogens (tertiary/aromatic N) is 1. The molecule has 2 aromatic carbocycles. The molecule has 28 heavy (non-hydrogen) atoms. The summed E-state index contributed by atoms with van der Waals surface area (Å²) in [5, 5.41) is 2.77. The first-order valence-corrected chi connectivity index (χ1v) is 9.27. The van der Waals surface area contributed by atoms with Crippen LogP contribution in [0.5, 0.6) is 11.5 Å².